The molecule has 0 fully saturated rings. The van der Waals surface area contributed by atoms with Crippen LogP contribution in [0.4, 0.5) is 16.3 Å². The zero-order valence-electron chi connectivity index (χ0n) is 19.9. The maximum absolute atomic E-state index is 12.9. The topological polar surface area (TPSA) is 79.3 Å². The zero-order chi connectivity index (χ0) is 25.0. The van der Waals surface area contributed by atoms with Gasteiger partial charge in [0.2, 0.25) is 5.91 Å². The van der Waals surface area contributed by atoms with Gasteiger partial charge in [0, 0.05) is 18.0 Å². The quantitative estimate of drug-likeness (QED) is 0.417. The van der Waals surface area contributed by atoms with Crippen molar-refractivity contribution >= 4 is 46.6 Å². The first-order valence-electron chi connectivity index (χ1n) is 11.0. The Kier molecular flexibility index (Phi) is 7.89. The molecule has 1 aromatic heterocycles. The molecule has 180 valence electrons. The van der Waals surface area contributed by atoms with Gasteiger partial charge in [0.15, 0.2) is 0 Å². The fourth-order valence-electron chi connectivity index (χ4n) is 3.21. The Morgan fingerprint density at radius 1 is 1.03 bits per heavy atom. The molecule has 9 heteroatoms. The summed E-state index contributed by atoms with van der Waals surface area (Å²) in [4.78, 5) is 27.1. The number of nitrogens with one attached hydrogen (secondary N) is 2. The first-order valence-corrected chi connectivity index (χ1v) is 11.7. The molecule has 0 spiro atoms. The monoisotopic (exact) mass is 501 g/mol. The predicted molar refractivity (Wildman–Crippen MR) is 138 cm³/mol. The van der Waals surface area contributed by atoms with Gasteiger partial charge in [-0.15, -0.1) is 0 Å². The number of nitrogens with zero attached hydrogens (tertiary/aromatic N) is 3. The van der Waals surface area contributed by atoms with Gasteiger partial charge in [-0.3, -0.25) is 4.79 Å². The highest BCUT2D eigenvalue weighted by molar-refractivity contribution is 6.39. The fourth-order valence-corrected chi connectivity index (χ4v) is 3.70. The number of carbonyl (C=O) groups is 2. The third-order valence-corrected chi connectivity index (χ3v) is 5.85. The van der Waals surface area contributed by atoms with Gasteiger partial charge in [-0.1, -0.05) is 67.7 Å². The van der Waals surface area contributed by atoms with E-state index in [4.69, 9.17) is 28.3 Å². The molecule has 3 aromatic rings. The van der Waals surface area contributed by atoms with Crippen molar-refractivity contribution in [2.24, 2.45) is 0 Å². The summed E-state index contributed by atoms with van der Waals surface area (Å²) in [6.45, 7) is 10.1. The maximum Gasteiger partial charge on any atom is 0.322 e. The lowest BCUT2D eigenvalue weighted by Gasteiger charge is -2.21. The van der Waals surface area contributed by atoms with Gasteiger partial charge in [0.1, 0.15) is 12.4 Å². The molecule has 3 amide bonds. The van der Waals surface area contributed by atoms with Crippen LogP contribution in [0, 0.1) is 6.92 Å². The summed E-state index contributed by atoms with van der Waals surface area (Å²) in [5.41, 5.74) is 2.89. The van der Waals surface area contributed by atoms with Crippen LogP contribution in [0.25, 0.3) is 5.69 Å². The van der Waals surface area contributed by atoms with E-state index < -0.39 is 6.03 Å². The van der Waals surface area contributed by atoms with Crippen molar-refractivity contribution < 1.29 is 9.59 Å². The molecule has 7 nitrogen and oxygen atoms in total. The number of benzene rings is 2. The predicted octanol–water partition coefficient (Wildman–Crippen LogP) is 6.28. The largest absolute Gasteiger partial charge is 0.322 e. The SMILES string of the molecule is CCN(CC(=O)Nc1cc(C(C)(C)C)nn1-c1ccc(C)cc1)C(=O)Nc1c(Cl)cccc1Cl. The van der Waals surface area contributed by atoms with Gasteiger partial charge in [-0.2, -0.15) is 5.10 Å². The van der Waals surface area contributed by atoms with Crippen LogP contribution in [-0.4, -0.2) is 39.7 Å². The second-order valence-corrected chi connectivity index (χ2v) is 9.82. The molecule has 0 saturated heterocycles. The molecule has 0 radical (unpaired) electrons. The van der Waals surface area contributed by atoms with Crippen molar-refractivity contribution in [2.75, 3.05) is 23.7 Å². The average Bonchev–Trinajstić information content (AvgIpc) is 3.19. The standard InChI is InChI=1S/C25H29Cl2N5O2/c1-6-31(24(34)29-23-18(26)8-7-9-19(23)27)15-22(33)28-21-14-20(25(3,4)5)30-32(21)17-12-10-16(2)11-13-17/h7-14H,6,15H2,1-5H3,(H,28,33)(H,29,34). The Labute approximate surface area is 210 Å². The van der Waals surface area contributed by atoms with Crippen LogP contribution in [-0.2, 0) is 10.2 Å². The number of hydrogen-bond acceptors (Lipinski definition) is 3. The molecule has 0 aliphatic heterocycles. The van der Waals surface area contributed by atoms with Gasteiger partial charge >= 0.3 is 6.03 Å². The van der Waals surface area contributed by atoms with Gasteiger partial charge in [0.05, 0.1) is 27.1 Å². The molecule has 2 aromatic carbocycles. The summed E-state index contributed by atoms with van der Waals surface area (Å²) in [6, 6.07) is 14.2. The minimum absolute atomic E-state index is 0.158. The van der Waals surface area contributed by atoms with Gasteiger partial charge in [0.25, 0.3) is 0 Å². The zero-order valence-corrected chi connectivity index (χ0v) is 21.5. The number of halogens is 2. The van der Waals surface area contributed by atoms with Crippen molar-refractivity contribution in [1.29, 1.82) is 0 Å². The van der Waals surface area contributed by atoms with Crippen LogP contribution >= 0.6 is 23.2 Å². The number of amides is 3. The second kappa shape index (κ2) is 10.5. The lowest BCUT2D eigenvalue weighted by molar-refractivity contribution is -0.116. The molecule has 1 heterocycles. The number of aryl methyl sites for hydroxylation is 1. The lowest BCUT2D eigenvalue weighted by Crippen LogP contribution is -2.40. The van der Waals surface area contributed by atoms with E-state index in [-0.39, 0.29) is 17.9 Å². The number of para-hydroxylation sites is 1. The van der Waals surface area contributed by atoms with Crippen molar-refractivity contribution in [1.82, 2.24) is 14.7 Å². The molecule has 2 N–H and O–H groups in total. The third-order valence-electron chi connectivity index (χ3n) is 5.22. The first-order chi connectivity index (χ1) is 16.0. The van der Waals surface area contributed by atoms with E-state index in [2.05, 4.69) is 31.4 Å². The molecule has 0 saturated carbocycles. The van der Waals surface area contributed by atoms with E-state index in [0.717, 1.165) is 16.9 Å². The van der Waals surface area contributed by atoms with Crippen LogP contribution in [0.3, 0.4) is 0 Å². The molecule has 0 unspecified atom stereocenters. The van der Waals surface area contributed by atoms with E-state index in [0.29, 0.717) is 28.1 Å². The van der Waals surface area contributed by atoms with Gasteiger partial charge < -0.3 is 15.5 Å². The summed E-state index contributed by atoms with van der Waals surface area (Å²) < 4.78 is 1.71. The molecule has 0 atom stereocenters. The van der Waals surface area contributed by atoms with E-state index in [9.17, 15) is 9.59 Å². The Morgan fingerprint density at radius 2 is 1.65 bits per heavy atom. The maximum atomic E-state index is 12.9. The molecule has 34 heavy (non-hydrogen) atoms. The van der Waals surface area contributed by atoms with E-state index in [1.807, 2.05) is 37.3 Å². The van der Waals surface area contributed by atoms with Crippen LogP contribution in [0.15, 0.2) is 48.5 Å². The molecule has 3 rings (SSSR count). The first kappa shape index (κ1) is 25.6. The number of urea groups is 1. The summed E-state index contributed by atoms with van der Waals surface area (Å²) in [7, 11) is 0. The highest BCUT2D eigenvalue weighted by Gasteiger charge is 2.23. The second-order valence-electron chi connectivity index (χ2n) is 9.00. The molecular formula is C25H29Cl2N5O2. The fraction of sp³-hybridized carbons (Fsp3) is 0.320. The number of aromatic nitrogens is 2. The normalized spacial score (nSPS) is 11.3. The van der Waals surface area contributed by atoms with E-state index in [1.165, 1.54) is 4.90 Å². The summed E-state index contributed by atoms with van der Waals surface area (Å²) in [5.74, 6) is 0.181. The molecule has 0 bridgehead atoms. The van der Waals surface area contributed by atoms with Crippen LogP contribution in [0.1, 0.15) is 39.0 Å². The van der Waals surface area contributed by atoms with Crippen molar-refractivity contribution in [2.45, 2.75) is 40.0 Å². The highest BCUT2D eigenvalue weighted by Crippen LogP contribution is 2.30. The van der Waals surface area contributed by atoms with Crippen molar-refractivity contribution in [3.05, 3.63) is 69.8 Å². The Bertz CT molecular complexity index is 1160. The summed E-state index contributed by atoms with van der Waals surface area (Å²) >= 11 is 12.3. The van der Waals surface area contributed by atoms with E-state index >= 15 is 0 Å². The van der Waals surface area contributed by atoms with Crippen molar-refractivity contribution in [3.63, 3.8) is 0 Å². The number of rotatable bonds is 6. The number of hydrogen-bond donors (Lipinski definition) is 2. The molecule has 0 aliphatic rings. The van der Waals surface area contributed by atoms with E-state index in [1.54, 1.807) is 29.8 Å². The molecule has 0 aliphatic carbocycles. The molecular weight excluding hydrogens is 473 g/mol. The summed E-state index contributed by atoms with van der Waals surface area (Å²) in [5, 5.41) is 11.0. The highest BCUT2D eigenvalue weighted by atomic mass is 35.5. The van der Waals surface area contributed by atoms with Gasteiger partial charge in [-0.25, -0.2) is 9.48 Å². The van der Waals surface area contributed by atoms with Crippen LogP contribution in [0.2, 0.25) is 10.0 Å². The summed E-state index contributed by atoms with van der Waals surface area (Å²) in [6.07, 6.45) is 0. The lowest BCUT2D eigenvalue weighted by atomic mass is 9.92. The van der Waals surface area contributed by atoms with Crippen molar-refractivity contribution in [3.8, 4) is 5.69 Å². The van der Waals surface area contributed by atoms with Crippen LogP contribution in [0.5, 0.6) is 0 Å². The average molecular weight is 502 g/mol. The Morgan fingerprint density at radius 3 is 2.21 bits per heavy atom. The Balaban J connectivity index is 1.79. The smallest absolute Gasteiger partial charge is 0.315 e. The number of likely N-dealkylation sites (N-methyl/N-ethyl adjacent to an activating group) is 1. The number of carbonyl (C=O) groups excluding carboxylic acids is 2. The third kappa shape index (κ3) is 6.10. The van der Waals surface area contributed by atoms with Crippen LogP contribution < -0.4 is 10.6 Å². The van der Waals surface area contributed by atoms with Gasteiger partial charge in [-0.05, 0) is 38.1 Å². The Hall–Kier alpha value is -3.03. The minimum atomic E-state index is -0.477. The number of anilines is 2. The minimum Gasteiger partial charge on any atom is -0.315 e.